The first kappa shape index (κ1) is 15.0. The van der Waals surface area contributed by atoms with E-state index < -0.39 is 35.2 Å². The van der Waals surface area contributed by atoms with E-state index in [1.807, 2.05) is 0 Å². The number of Topliss-reactive ketones (excluding diaryl/α,β-unsaturated/α-hetero) is 1. The Morgan fingerprint density at radius 2 is 1.96 bits per heavy atom. The Morgan fingerprint density at radius 3 is 2.57 bits per heavy atom. The lowest BCUT2D eigenvalue weighted by molar-refractivity contribution is -0.121. The summed E-state index contributed by atoms with van der Waals surface area (Å²) >= 11 is 0. The van der Waals surface area contributed by atoms with Gasteiger partial charge in [-0.05, 0) is 24.1 Å². The van der Waals surface area contributed by atoms with Crippen molar-refractivity contribution in [2.75, 3.05) is 11.9 Å². The second-order valence-corrected chi connectivity index (χ2v) is 5.27. The molecule has 23 heavy (non-hydrogen) atoms. The maximum atomic E-state index is 12.9. The molecule has 0 saturated heterocycles. The largest absolute Gasteiger partial charge is 0.475 e. The number of fused-ring (bicyclic) bond motifs is 1. The number of carbonyl (C=O) groups is 3. The first-order chi connectivity index (χ1) is 10.9. The van der Waals surface area contributed by atoms with E-state index in [0.29, 0.717) is 5.56 Å². The number of carboxylic acid groups (broad SMARTS) is 1. The number of hydrogen-bond donors (Lipinski definition) is 1. The zero-order chi connectivity index (χ0) is 16.7. The monoisotopic (exact) mass is 317 g/mol. The number of benzene rings is 1. The number of nitrogens with zero attached hydrogens (tertiary/aromatic N) is 1. The van der Waals surface area contributed by atoms with E-state index >= 15 is 0 Å². The molecule has 1 aliphatic rings. The molecule has 2 aromatic rings. The van der Waals surface area contributed by atoms with Gasteiger partial charge >= 0.3 is 5.97 Å². The second kappa shape index (κ2) is 5.35. The molecule has 0 saturated carbocycles. The molecule has 3 rings (SSSR count). The Kier molecular flexibility index (Phi) is 3.48. The molecule has 118 valence electrons. The number of amides is 1. The van der Waals surface area contributed by atoms with Gasteiger partial charge in [0.05, 0.1) is 5.69 Å². The first-order valence-electron chi connectivity index (χ1n) is 6.82. The van der Waals surface area contributed by atoms with Gasteiger partial charge in [0.25, 0.3) is 0 Å². The maximum absolute atomic E-state index is 12.9. The van der Waals surface area contributed by atoms with Gasteiger partial charge in [-0.15, -0.1) is 0 Å². The lowest BCUT2D eigenvalue weighted by Gasteiger charge is -2.27. The summed E-state index contributed by atoms with van der Waals surface area (Å²) in [6.45, 7) is 0. The van der Waals surface area contributed by atoms with E-state index in [0.717, 1.165) is 6.07 Å². The highest BCUT2D eigenvalue weighted by molar-refractivity contribution is 6.20. The van der Waals surface area contributed by atoms with Crippen LogP contribution in [0.5, 0.6) is 0 Å². The van der Waals surface area contributed by atoms with Crippen LogP contribution in [0.4, 0.5) is 10.1 Å². The van der Waals surface area contributed by atoms with Crippen LogP contribution in [0.3, 0.4) is 0 Å². The lowest BCUT2D eigenvalue weighted by atomic mass is 9.89. The first-order valence-corrected chi connectivity index (χ1v) is 6.82. The van der Waals surface area contributed by atoms with Crippen molar-refractivity contribution in [3.63, 3.8) is 0 Å². The highest BCUT2D eigenvalue weighted by atomic mass is 19.1. The fraction of sp³-hybridized carbons (Fsp3) is 0.188. The molecular weight excluding hydrogens is 305 g/mol. The van der Waals surface area contributed by atoms with Gasteiger partial charge in [-0.2, -0.15) is 0 Å². The molecule has 1 amide bonds. The molecule has 6 nitrogen and oxygen atoms in total. The van der Waals surface area contributed by atoms with Gasteiger partial charge in [0.1, 0.15) is 11.7 Å². The molecule has 1 N–H and O–H groups in total. The Morgan fingerprint density at radius 1 is 1.30 bits per heavy atom. The van der Waals surface area contributed by atoms with Gasteiger partial charge in [0.2, 0.25) is 17.5 Å². The fourth-order valence-corrected chi connectivity index (χ4v) is 2.57. The van der Waals surface area contributed by atoms with Crippen molar-refractivity contribution in [2.45, 2.75) is 6.42 Å². The smallest absolute Gasteiger partial charge is 0.371 e. The predicted molar refractivity (Wildman–Crippen MR) is 77.0 cm³/mol. The van der Waals surface area contributed by atoms with Gasteiger partial charge < -0.3 is 14.4 Å². The van der Waals surface area contributed by atoms with Crippen LogP contribution in [0.15, 0.2) is 34.7 Å². The molecular formula is C16H12FNO5. The molecule has 1 unspecified atom stereocenters. The Labute approximate surface area is 130 Å². The quantitative estimate of drug-likeness (QED) is 0.876. The lowest BCUT2D eigenvalue weighted by Crippen LogP contribution is -2.42. The summed E-state index contributed by atoms with van der Waals surface area (Å²) < 4.78 is 18.0. The van der Waals surface area contributed by atoms with Crippen molar-refractivity contribution in [3.8, 4) is 0 Å². The number of anilines is 1. The number of carboxylic acids is 1. The summed E-state index contributed by atoms with van der Waals surface area (Å²) in [5, 5.41) is 8.96. The third-order valence-electron chi connectivity index (χ3n) is 3.81. The normalized spacial score (nSPS) is 17.3. The van der Waals surface area contributed by atoms with Gasteiger partial charge in [0, 0.05) is 13.1 Å². The predicted octanol–water partition coefficient (Wildman–Crippen LogP) is 2.13. The van der Waals surface area contributed by atoms with Crippen LogP contribution in [0.2, 0.25) is 0 Å². The minimum atomic E-state index is -1.32. The number of carbonyl (C=O) groups excluding carboxylic acids is 2. The van der Waals surface area contributed by atoms with Crippen LogP contribution < -0.4 is 4.90 Å². The van der Waals surface area contributed by atoms with Crippen LogP contribution in [-0.2, 0) is 11.2 Å². The van der Waals surface area contributed by atoms with E-state index in [9.17, 15) is 18.8 Å². The van der Waals surface area contributed by atoms with Crippen molar-refractivity contribution in [3.05, 3.63) is 53.2 Å². The zero-order valence-corrected chi connectivity index (χ0v) is 12.1. The van der Waals surface area contributed by atoms with E-state index in [1.165, 1.54) is 36.2 Å². The highest BCUT2D eigenvalue weighted by Gasteiger charge is 2.41. The van der Waals surface area contributed by atoms with Crippen molar-refractivity contribution in [1.29, 1.82) is 0 Å². The van der Waals surface area contributed by atoms with Crippen LogP contribution in [0.1, 0.15) is 26.7 Å². The van der Waals surface area contributed by atoms with Crippen molar-refractivity contribution in [1.82, 2.24) is 0 Å². The number of aromatic carboxylic acids is 1. The molecule has 0 radical (unpaired) electrons. The highest BCUT2D eigenvalue weighted by Crippen LogP contribution is 2.34. The number of furan rings is 1. The SMILES string of the molecule is CN1C(=O)C(Cc2ccc(F)cc2)C(=O)c2oc(C(=O)O)cc21. The summed E-state index contributed by atoms with van der Waals surface area (Å²) in [5.41, 5.74) is 0.771. The van der Waals surface area contributed by atoms with E-state index in [2.05, 4.69) is 0 Å². The second-order valence-electron chi connectivity index (χ2n) is 5.27. The number of ketones is 1. The molecule has 0 spiro atoms. The Balaban J connectivity index is 1.96. The maximum Gasteiger partial charge on any atom is 0.371 e. The number of rotatable bonds is 3. The number of hydrogen-bond acceptors (Lipinski definition) is 4. The summed E-state index contributed by atoms with van der Waals surface area (Å²) in [6.07, 6.45) is 0.0881. The van der Waals surface area contributed by atoms with Gasteiger partial charge in [0.15, 0.2) is 5.76 Å². The topological polar surface area (TPSA) is 87.8 Å². The van der Waals surface area contributed by atoms with Crippen LogP contribution in [-0.4, -0.2) is 29.8 Å². The zero-order valence-electron chi connectivity index (χ0n) is 12.1. The molecule has 1 aliphatic heterocycles. The van der Waals surface area contributed by atoms with Crippen LogP contribution in [0.25, 0.3) is 0 Å². The van der Waals surface area contributed by atoms with Crippen molar-refractivity contribution < 1.29 is 28.3 Å². The molecule has 2 heterocycles. The average Bonchev–Trinajstić information content (AvgIpc) is 2.97. The van der Waals surface area contributed by atoms with Gasteiger partial charge in [-0.1, -0.05) is 12.1 Å². The third kappa shape index (κ3) is 2.50. The number of halogens is 1. The minimum absolute atomic E-state index is 0.0881. The molecule has 0 fully saturated rings. The van der Waals surface area contributed by atoms with E-state index in [4.69, 9.17) is 9.52 Å². The molecule has 7 heteroatoms. The summed E-state index contributed by atoms with van der Waals surface area (Å²) in [4.78, 5) is 37.0. The van der Waals surface area contributed by atoms with Gasteiger partial charge in [-0.3, -0.25) is 9.59 Å². The molecule has 1 aromatic heterocycles. The minimum Gasteiger partial charge on any atom is -0.475 e. The molecule has 0 aliphatic carbocycles. The van der Waals surface area contributed by atoms with Crippen LogP contribution in [0, 0.1) is 11.7 Å². The Hall–Kier alpha value is -2.96. The standard InChI is InChI=1S/C16H12FNO5/c1-18-11-7-12(16(21)22)23-14(11)13(19)10(15(18)20)6-8-2-4-9(17)5-3-8/h2-5,7,10H,6H2,1H3,(H,21,22). The fourth-order valence-electron chi connectivity index (χ4n) is 2.57. The third-order valence-corrected chi connectivity index (χ3v) is 3.81. The van der Waals surface area contributed by atoms with Crippen molar-refractivity contribution >= 4 is 23.3 Å². The molecule has 0 bridgehead atoms. The molecule has 1 atom stereocenters. The Bertz CT molecular complexity index is 808. The molecule has 1 aromatic carbocycles. The summed E-state index contributed by atoms with van der Waals surface area (Å²) in [7, 11) is 1.45. The van der Waals surface area contributed by atoms with Crippen molar-refractivity contribution in [2.24, 2.45) is 5.92 Å². The van der Waals surface area contributed by atoms with Crippen LogP contribution >= 0.6 is 0 Å². The van der Waals surface area contributed by atoms with Gasteiger partial charge in [-0.25, -0.2) is 9.18 Å². The van der Waals surface area contributed by atoms with E-state index in [1.54, 1.807) is 0 Å². The van der Waals surface area contributed by atoms with E-state index in [-0.39, 0.29) is 17.9 Å². The average molecular weight is 317 g/mol. The summed E-state index contributed by atoms with van der Waals surface area (Å²) in [6, 6.07) is 6.64. The summed E-state index contributed by atoms with van der Waals surface area (Å²) in [5.74, 6) is -4.31.